The second kappa shape index (κ2) is 7.90. The molecule has 130 valence electrons. The Morgan fingerprint density at radius 2 is 1.64 bits per heavy atom. The molecule has 0 atom stereocenters. The number of guanidine groups is 1. The Kier molecular flexibility index (Phi) is 5.40. The Balaban J connectivity index is 1.82. The summed E-state index contributed by atoms with van der Waals surface area (Å²) in [4.78, 5) is 21.4. The van der Waals surface area contributed by atoms with E-state index in [0.29, 0.717) is 11.5 Å². The average Bonchev–Trinajstić information content (AvgIpc) is 2.63. The Hall–Kier alpha value is -2.73. The van der Waals surface area contributed by atoms with Crippen molar-refractivity contribution in [3.8, 4) is 0 Å². The van der Waals surface area contributed by atoms with Gasteiger partial charge in [-0.25, -0.2) is 9.38 Å². The SMILES string of the molecule is CN1CCN(C(=Nc2ccccc2)NC(=O)c2ccc(F)cc2)CC1. The maximum absolute atomic E-state index is 13.1. The summed E-state index contributed by atoms with van der Waals surface area (Å²) >= 11 is 0. The van der Waals surface area contributed by atoms with Gasteiger partial charge in [0.25, 0.3) is 5.91 Å². The number of rotatable bonds is 2. The van der Waals surface area contributed by atoms with E-state index in [9.17, 15) is 9.18 Å². The molecule has 6 heteroatoms. The summed E-state index contributed by atoms with van der Waals surface area (Å²) < 4.78 is 13.1. The molecule has 25 heavy (non-hydrogen) atoms. The van der Waals surface area contributed by atoms with Crippen molar-refractivity contribution in [2.75, 3.05) is 33.2 Å². The van der Waals surface area contributed by atoms with Gasteiger partial charge in [-0.05, 0) is 43.4 Å². The minimum atomic E-state index is -0.367. The highest BCUT2D eigenvalue weighted by Crippen LogP contribution is 2.12. The highest BCUT2D eigenvalue weighted by molar-refractivity contribution is 6.06. The molecule has 0 spiro atoms. The summed E-state index contributed by atoms with van der Waals surface area (Å²) in [6.45, 7) is 3.37. The predicted molar refractivity (Wildman–Crippen MR) is 96.5 cm³/mol. The largest absolute Gasteiger partial charge is 0.340 e. The zero-order chi connectivity index (χ0) is 17.6. The number of carbonyl (C=O) groups is 1. The minimum Gasteiger partial charge on any atom is -0.340 e. The maximum atomic E-state index is 13.1. The molecule has 2 aromatic carbocycles. The third-order valence-electron chi connectivity index (χ3n) is 4.13. The first kappa shape index (κ1) is 17.1. The van der Waals surface area contributed by atoms with Gasteiger partial charge in [0, 0.05) is 31.7 Å². The van der Waals surface area contributed by atoms with Crippen LogP contribution in [0, 0.1) is 5.82 Å². The van der Waals surface area contributed by atoms with E-state index in [2.05, 4.69) is 27.2 Å². The van der Waals surface area contributed by atoms with E-state index >= 15 is 0 Å². The lowest BCUT2D eigenvalue weighted by atomic mass is 10.2. The number of hydrogen-bond donors (Lipinski definition) is 1. The maximum Gasteiger partial charge on any atom is 0.257 e. The number of piperazine rings is 1. The summed E-state index contributed by atoms with van der Waals surface area (Å²) in [6, 6.07) is 15.0. The summed E-state index contributed by atoms with van der Waals surface area (Å²) in [5, 5.41) is 2.88. The number of nitrogens with zero attached hydrogens (tertiary/aromatic N) is 3. The second-order valence-electron chi connectivity index (χ2n) is 6.02. The van der Waals surface area contributed by atoms with E-state index in [0.717, 1.165) is 31.9 Å². The summed E-state index contributed by atoms with van der Waals surface area (Å²) in [7, 11) is 2.07. The lowest BCUT2D eigenvalue weighted by molar-refractivity contribution is 0.0969. The predicted octanol–water partition coefficient (Wildman–Crippen LogP) is 2.49. The van der Waals surface area contributed by atoms with Crippen LogP contribution >= 0.6 is 0 Å². The van der Waals surface area contributed by atoms with Crippen LogP contribution in [-0.2, 0) is 0 Å². The summed E-state index contributed by atoms with van der Waals surface area (Å²) in [6.07, 6.45) is 0. The molecule has 0 saturated carbocycles. The third kappa shape index (κ3) is 4.64. The highest BCUT2D eigenvalue weighted by Gasteiger charge is 2.20. The van der Waals surface area contributed by atoms with Crippen LogP contribution in [0.1, 0.15) is 10.4 Å². The van der Waals surface area contributed by atoms with Crippen LogP contribution in [0.2, 0.25) is 0 Å². The van der Waals surface area contributed by atoms with Crippen molar-refractivity contribution in [1.82, 2.24) is 15.1 Å². The molecular formula is C19H21FN4O. The monoisotopic (exact) mass is 340 g/mol. The van der Waals surface area contributed by atoms with Crippen molar-refractivity contribution < 1.29 is 9.18 Å². The van der Waals surface area contributed by atoms with E-state index in [1.807, 2.05) is 30.3 Å². The Labute approximate surface area is 146 Å². The van der Waals surface area contributed by atoms with E-state index in [4.69, 9.17) is 0 Å². The van der Waals surface area contributed by atoms with E-state index in [1.54, 1.807) is 0 Å². The zero-order valence-electron chi connectivity index (χ0n) is 14.2. The molecule has 1 heterocycles. The molecule has 1 fully saturated rings. The van der Waals surface area contributed by atoms with Gasteiger partial charge in [-0.2, -0.15) is 0 Å². The van der Waals surface area contributed by atoms with Crippen LogP contribution < -0.4 is 5.32 Å². The van der Waals surface area contributed by atoms with Gasteiger partial charge < -0.3 is 9.80 Å². The smallest absolute Gasteiger partial charge is 0.257 e. The second-order valence-corrected chi connectivity index (χ2v) is 6.02. The molecular weight excluding hydrogens is 319 g/mol. The number of aliphatic imine (C=N–C) groups is 1. The van der Waals surface area contributed by atoms with E-state index < -0.39 is 0 Å². The molecule has 0 aliphatic carbocycles. The van der Waals surface area contributed by atoms with Crippen molar-refractivity contribution in [1.29, 1.82) is 0 Å². The number of hydrogen-bond acceptors (Lipinski definition) is 3. The van der Waals surface area contributed by atoms with Gasteiger partial charge >= 0.3 is 0 Å². The van der Waals surface area contributed by atoms with Crippen molar-refractivity contribution in [2.24, 2.45) is 4.99 Å². The summed E-state index contributed by atoms with van der Waals surface area (Å²) in [5.41, 5.74) is 1.17. The van der Waals surface area contributed by atoms with Crippen LogP contribution in [0.5, 0.6) is 0 Å². The lowest BCUT2D eigenvalue weighted by Crippen LogP contribution is -2.52. The lowest BCUT2D eigenvalue weighted by Gasteiger charge is -2.34. The third-order valence-corrected chi connectivity index (χ3v) is 4.13. The number of carbonyl (C=O) groups excluding carboxylic acids is 1. The van der Waals surface area contributed by atoms with Gasteiger partial charge in [0.15, 0.2) is 0 Å². The number of halogens is 1. The number of amides is 1. The molecule has 1 saturated heterocycles. The van der Waals surface area contributed by atoms with Gasteiger partial charge in [-0.3, -0.25) is 10.1 Å². The van der Waals surface area contributed by atoms with Crippen LogP contribution in [0.15, 0.2) is 59.6 Å². The first-order valence-corrected chi connectivity index (χ1v) is 8.26. The van der Waals surface area contributed by atoms with Crippen LogP contribution in [0.25, 0.3) is 0 Å². The van der Waals surface area contributed by atoms with Gasteiger partial charge in [0.2, 0.25) is 5.96 Å². The number of benzene rings is 2. The van der Waals surface area contributed by atoms with Crippen LogP contribution in [0.3, 0.4) is 0 Å². The Morgan fingerprint density at radius 3 is 2.28 bits per heavy atom. The zero-order valence-corrected chi connectivity index (χ0v) is 14.2. The number of nitrogens with one attached hydrogen (secondary N) is 1. The quantitative estimate of drug-likeness (QED) is 0.675. The molecule has 1 aliphatic rings. The highest BCUT2D eigenvalue weighted by atomic mass is 19.1. The fraction of sp³-hybridized carbons (Fsp3) is 0.263. The molecule has 3 rings (SSSR count). The minimum absolute atomic E-state index is 0.298. The molecule has 0 unspecified atom stereocenters. The molecule has 1 N–H and O–H groups in total. The molecule has 0 radical (unpaired) electrons. The van der Waals surface area contributed by atoms with Crippen LogP contribution in [0.4, 0.5) is 10.1 Å². The summed E-state index contributed by atoms with van der Waals surface area (Å²) in [5.74, 6) is -0.143. The number of likely N-dealkylation sites (N-methyl/N-ethyl adjacent to an activating group) is 1. The first-order chi connectivity index (χ1) is 12.1. The van der Waals surface area contributed by atoms with Gasteiger partial charge in [-0.1, -0.05) is 18.2 Å². The fourth-order valence-electron chi connectivity index (χ4n) is 2.60. The number of para-hydroxylation sites is 1. The van der Waals surface area contributed by atoms with Gasteiger partial charge in [-0.15, -0.1) is 0 Å². The molecule has 1 aliphatic heterocycles. The van der Waals surface area contributed by atoms with E-state index in [1.165, 1.54) is 24.3 Å². The molecule has 0 bridgehead atoms. The van der Waals surface area contributed by atoms with Crippen molar-refractivity contribution in [3.63, 3.8) is 0 Å². The molecule has 0 aromatic heterocycles. The first-order valence-electron chi connectivity index (χ1n) is 8.26. The fourth-order valence-corrected chi connectivity index (χ4v) is 2.60. The van der Waals surface area contributed by atoms with Crippen molar-refractivity contribution in [2.45, 2.75) is 0 Å². The Morgan fingerprint density at radius 1 is 1.00 bits per heavy atom. The van der Waals surface area contributed by atoms with Crippen LogP contribution in [-0.4, -0.2) is 54.9 Å². The van der Waals surface area contributed by atoms with Gasteiger partial charge in [0.1, 0.15) is 5.82 Å². The molecule has 5 nitrogen and oxygen atoms in total. The van der Waals surface area contributed by atoms with E-state index in [-0.39, 0.29) is 11.7 Å². The normalized spacial score (nSPS) is 15.9. The molecule has 1 amide bonds. The van der Waals surface area contributed by atoms with Gasteiger partial charge in [0.05, 0.1) is 5.69 Å². The topological polar surface area (TPSA) is 47.9 Å². The Bertz CT molecular complexity index is 738. The average molecular weight is 340 g/mol. The van der Waals surface area contributed by atoms with Crippen molar-refractivity contribution >= 4 is 17.6 Å². The van der Waals surface area contributed by atoms with Crippen molar-refractivity contribution in [3.05, 3.63) is 66.0 Å². The molecule has 2 aromatic rings. The standard InChI is InChI=1S/C19H21FN4O/c1-23-11-13-24(14-12-23)19(21-17-5-3-2-4-6-17)22-18(25)15-7-9-16(20)10-8-15/h2-10H,11-14H2,1H3,(H,21,22,25).